The quantitative estimate of drug-likeness (QED) is 0.161. The van der Waals surface area contributed by atoms with Crippen molar-refractivity contribution in [2.45, 2.75) is 38.0 Å². The van der Waals surface area contributed by atoms with Gasteiger partial charge in [0.15, 0.2) is 0 Å². The van der Waals surface area contributed by atoms with E-state index in [4.69, 9.17) is 4.42 Å². The molecule has 9 aromatic carbocycles. The number of aromatic nitrogens is 1. The lowest BCUT2D eigenvalue weighted by atomic mass is 9.80. The first kappa shape index (κ1) is 35.6. The monoisotopic (exact) mass is 784 g/mol. The van der Waals surface area contributed by atoms with E-state index in [-0.39, 0.29) is 0 Å². The molecule has 1 fully saturated rings. The average molecular weight is 785 g/mol. The van der Waals surface area contributed by atoms with E-state index in [0.717, 1.165) is 55.8 Å². The molecule has 0 radical (unpaired) electrons. The Balaban J connectivity index is 1.11. The van der Waals surface area contributed by atoms with E-state index in [2.05, 4.69) is 204 Å². The third kappa shape index (κ3) is 5.87. The number of rotatable bonds is 7. The molecule has 0 saturated heterocycles. The van der Waals surface area contributed by atoms with Gasteiger partial charge in [-0.3, -0.25) is 0 Å². The van der Waals surface area contributed by atoms with Gasteiger partial charge in [-0.15, -0.1) is 0 Å². The van der Waals surface area contributed by atoms with Gasteiger partial charge >= 0.3 is 0 Å². The lowest BCUT2D eigenvalue weighted by molar-refractivity contribution is 0.445. The molecule has 3 heteroatoms. The molecule has 61 heavy (non-hydrogen) atoms. The normalized spacial score (nSPS) is 13.5. The summed E-state index contributed by atoms with van der Waals surface area (Å²) >= 11 is 0. The Kier molecular flexibility index (Phi) is 8.59. The molecule has 292 valence electrons. The topological polar surface area (TPSA) is 21.3 Å². The molecule has 0 amide bonds. The lowest BCUT2D eigenvalue weighted by Crippen LogP contribution is -2.12. The van der Waals surface area contributed by atoms with Crippen LogP contribution in [0.1, 0.15) is 43.6 Å². The largest absolute Gasteiger partial charge is 0.455 e. The molecule has 1 aliphatic carbocycles. The van der Waals surface area contributed by atoms with Gasteiger partial charge in [-0.25, -0.2) is 0 Å². The number of anilines is 3. The summed E-state index contributed by atoms with van der Waals surface area (Å²) < 4.78 is 8.94. The molecular weight excluding hydrogens is 741 g/mol. The minimum atomic E-state index is 0.573. The van der Waals surface area contributed by atoms with Crippen LogP contribution >= 0.6 is 0 Å². The first-order valence-electron chi connectivity index (χ1n) is 21.8. The minimum Gasteiger partial charge on any atom is -0.455 e. The van der Waals surface area contributed by atoms with Crippen LogP contribution in [0.15, 0.2) is 205 Å². The standard InChI is InChI=1S/C58H44N2O/c1-3-17-39(18-4-1)44-26-13-19-41-20-14-28-48(56(41)44)46-23-7-10-30-51(46)60(43-37-35-40(36-38-43)45-27-15-29-49-47-24-9-12-34-55(47)61-58(45)49)54-33-16-32-53-57(54)50-25-8-11-31-52(50)59(53)42-21-5-2-6-22-42/h2,5-16,19-39H,1,3-4,17-18H2. The van der Waals surface area contributed by atoms with Crippen LogP contribution in [-0.2, 0) is 0 Å². The third-order valence-corrected chi connectivity index (χ3v) is 13.2. The summed E-state index contributed by atoms with van der Waals surface area (Å²) in [5.74, 6) is 0.573. The number of benzene rings is 9. The highest BCUT2D eigenvalue weighted by Crippen LogP contribution is 2.49. The summed E-state index contributed by atoms with van der Waals surface area (Å²) in [5, 5.41) is 7.40. The van der Waals surface area contributed by atoms with E-state index in [1.54, 1.807) is 0 Å². The minimum absolute atomic E-state index is 0.573. The predicted octanol–water partition coefficient (Wildman–Crippen LogP) is 16.7. The Morgan fingerprint density at radius 2 is 1.08 bits per heavy atom. The van der Waals surface area contributed by atoms with Crippen LogP contribution in [0, 0.1) is 0 Å². The molecule has 0 bridgehead atoms. The molecule has 12 rings (SSSR count). The molecule has 3 nitrogen and oxygen atoms in total. The number of hydrogen-bond donors (Lipinski definition) is 0. The van der Waals surface area contributed by atoms with Gasteiger partial charge in [0.25, 0.3) is 0 Å². The molecular formula is C58H44N2O. The summed E-state index contributed by atoms with van der Waals surface area (Å²) in [5.41, 5.74) is 14.9. The smallest absolute Gasteiger partial charge is 0.143 e. The molecule has 1 aliphatic rings. The van der Waals surface area contributed by atoms with Crippen molar-refractivity contribution in [3.63, 3.8) is 0 Å². The van der Waals surface area contributed by atoms with Crippen molar-refractivity contribution in [2.24, 2.45) is 0 Å². The van der Waals surface area contributed by atoms with Crippen molar-refractivity contribution in [3.8, 4) is 27.9 Å². The highest BCUT2D eigenvalue weighted by molar-refractivity contribution is 6.17. The van der Waals surface area contributed by atoms with Crippen LogP contribution < -0.4 is 4.90 Å². The van der Waals surface area contributed by atoms with E-state index in [0.29, 0.717) is 5.92 Å². The molecule has 1 saturated carbocycles. The molecule has 2 heterocycles. The SMILES string of the molecule is c1ccc(-n2c3ccccc3c3c(N(c4ccc(-c5cccc6c5oc5ccccc56)cc4)c4ccccc4-c4cccc5cccc(C6CCCCC6)c45)cccc32)cc1. The van der Waals surface area contributed by atoms with E-state index < -0.39 is 0 Å². The van der Waals surface area contributed by atoms with Gasteiger partial charge in [-0.05, 0) is 101 Å². The molecule has 2 aromatic heterocycles. The Morgan fingerprint density at radius 3 is 1.95 bits per heavy atom. The maximum atomic E-state index is 6.52. The summed E-state index contributed by atoms with van der Waals surface area (Å²) in [7, 11) is 0. The van der Waals surface area contributed by atoms with Crippen molar-refractivity contribution in [2.75, 3.05) is 4.90 Å². The van der Waals surface area contributed by atoms with Crippen molar-refractivity contribution < 1.29 is 4.42 Å². The molecule has 0 N–H and O–H groups in total. The van der Waals surface area contributed by atoms with Gasteiger partial charge in [0.05, 0.1) is 22.4 Å². The van der Waals surface area contributed by atoms with Crippen LogP contribution in [0.25, 0.3) is 82.5 Å². The highest BCUT2D eigenvalue weighted by Gasteiger charge is 2.25. The zero-order chi connectivity index (χ0) is 40.3. The van der Waals surface area contributed by atoms with Crippen molar-refractivity contribution in [3.05, 3.63) is 206 Å². The van der Waals surface area contributed by atoms with Crippen LogP contribution in [0.5, 0.6) is 0 Å². The maximum Gasteiger partial charge on any atom is 0.143 e. The number of nitrogens with zero attached hydrogens (tertiary/aromatic N) is 2. The average Bonchev–Trinajstić information content (AvgIpc) is 3.89. The van der Waals surface area contributed by atoms with Crippen LogP contribution in [-0.4, -0.2) is 4.57 Å². The number of para-hydroxylation sites is 5. The number of hydrogen-bond acceptors (Lipinski definition) is 2. The van der Waals surface area contributed by atoms with Gasteiger partial charge in [-0.1, -0.05) is 165 Å². The van der Waals surface area contributed by atoms with E-state index in [1.807, 2.05) is 6.07 Å². The van der Waals surface area contributed by atoms with Gasteiger partial charge < -0.3 is 13.9 Å². The summed E-state index contributed by atoms with van der Waals surface area (Å²) in [6, 6.07) is 73.2. The zero-order valence-corrected chi connectivity index (χ0v) is 34.0. The first-order chi connectivity index (χ1) is 30.3. The van der Waals surface area contributed by atoms with Crippen molar-refractivity contribution >= 4 is 71.6 Å². The van der Waals surface area contributed by atoms with Gasteiger partial charge in [0.2, 0.25) is 0 Å². The lowest BCUT2D eigenvalue weighted by Gasteiger charge is -2.30. The van der Waals surface area contributed by atoms with E-state index in [1.165, 1.54) is 81.4 Å². The van der Waals surface area contributed by atoms with E-state index in [9.17, 15) is 0 Å². The van der Waals surface area contributed by atoms with Gasteiger partial charge in [0, 0.05) is 44.0 Å². The molecule has 0 unspecified atom stereocenters. The van der Waals surface area contributed by atoms with Crippen LogP contribution in [0.4, 0.5) is 17.1 Å². The van der Waals surface area contributed by atoms with Crippen molar-refractivity contribution in [1.82, 2.24) is 4.57 Å². The maximum absolute atomic E-state index is 6.52. The Labute approximate surface area is 355 Å². The predicted molar refractivity (Wildman–Crippen MR) is 257 cm³/mol. The highest BCUT2D eigenvalue weighted by atomic mass is 16.3. The Morgan fingerprint density at radius 1 is 0.443 bits per heavy atom. The van der Waals surface area contributed by atoms with E-state index >= 15 is 0 Å². The molecule has 0 aliphatic heterocycles. The summed E-state index contributed by atoms with van der Waals surface area (Å²) in [4.78, 5) is 2.51. The van der Waals surface area contributed by atoms with Crippen LogP contribution in [0.3, 0.4) is 0 Å². The molecule has 11 aromatic rings. The number of furan rings is 1. The first-order valence-corrected chi connectivity index (χ1v) is 21.8. The fourth-order valence-electron chi connectivity index (χ4n) is 10.5. The second-order valence-electron chi connectivity index (χ2n) is 16.6. The fraction of sp³-hybridized carbons (Fsp3) is 0.103. The second kappa shape index (κ2) is 14.7. The Bertz CT molecular complexity index is 3400. The third-order valence-electron chi connectivity index (χ3n) is 13.2. The number of fused-ring (bicyclic) bond motifs is 7. The molecule has 0 atom stereocenters. The Hall–Kier alpha value is -7.36. The second-order valence-corrected chi connectivity index (χ2v) is 16.6. The fourth-order valence-corrected chi connectivity index (χ4v) is 10.5. The van der Waals surface area contributed by atoms with Gasteiger partial charge in [-0.2, -0.15) is 0 Å². The summed E-state index contributed by atoms with van der Waals surface area (Å²) in [6.07, 6.45) is 6.44. The molecule has 0 spiro atoms. The zero-order valence-electron chi connectivity index (χ0n) is 34.0. The van der Waals surface area contributed by atoms with Crippen LogP contribution in [0.2, 0.25) is 0 Å². The summed E-state index contributed by atoms with van der Waals surface area (Å²) in [6.45, 7) is 0. The van der Waals surface area contributed by atoms with Crippen molar-refractivity contribution in [1.29, 1.82) is 0 Å². The van der Waals surface area contributed by atoms with Gasteiger partial charge in [0.1, 0.15) is 11.2 Å².